The first-order chi connectivity index (χ1) is 8.29. The first kappa shape index (κ1) is 15.9. The molecule has 1 heterocycles. The lowest BCUT2D eigenvalue weighted by atomic mass is 9.86. The van der Waals surface area contributed by atoms with Gasteiger partial charge in [-0.1, -0.05) is 13.3 Å². The molecule has 0 aromatic carbocycles. The highest BCUT2D eigenvalue weighted by Gasteiger charge is 2.37. The van der Waals surface area contributed by atoms with Crippen LogP contribution in [0.2, 0.25) is 0 Å². The van der Waals surface area contributed by atoms with Gasteiger partial charge in [-0.15, -0.1) is 0 Å². The second-order valence-electron chi connectivity index (χ2n) is 5.69. The second-order valence-corrected chi connectivity index (χ2v) is 7.95. The average molecular weight is 277 g/mol. The van der Waals surface area contributed by atoms with Gasteiger partial charge in [-0.25, -0.2) is 8.42 Å². The molecule has 2 unspecified atom stereocenters. The van der Waals surface area contributed by atoms with Crippen LogP contribution >= 0.6 is 0 Å². The Labute approximate surface area is 111 Å². The molecule has 0 amide bonds. The summed E-state index contributed by atoms with van der Waals surface area (Å²) in [6.45, 7) is 6.16. The first-order valence-corrected chi connectivity index (χ1v) is 8.96. The van der Waals surface area contributed by atoms with E-state index in [1.54, 1.807) is 0 Å². The Hall–Kier alpha value is -0.130. The van der Waals surface area contributed by atoms with Gasteiger partial charge in [0.1, 0.15) is 9.84 Å². The molecule has 18 heavy (non-hydrogen) atoms. The lowest BCUT2D eigenvalue weighted by Crippen LogP contribution is -2.56. The van der Waals surface area contributed by atoms with Crippen LogP contribution in [0.5, 0.6) is 0 Å². The Morgan fingerprint density at radius 1 is 1.28 bits per heavy atom. The van der Waals surface area contributed by atoms with E-state index in [1.807, 2.05) is 0 Å². The summed E-state index contributed by atoms with van der Waals surface area (Å²) < 4.78 is 22.4. The quantitative estimate of drug-likeness (QED) is 0.798. The van der Waals surface area contributed by atoms with E-state index < -0.39 is 15.9 Å². The summed E-state index contributed by atoms with van der Waals surface area (Å²) in [7, 11) is -3.00. The molecule has 1 rings (SSSR count). The number of nitrogens with zero attached hydrogens (tertiary/aromatic N) is 1. The zero-order valence-electron chi connectivity index (χ0n) is 11.9. The van der Waals surface area contributed by atoms with Crippen molar-refractivity contribution in [2.45, 2.75) is 57.6 Å². The third kappa shape index (κ3) is 4.21. The van der Waals surface area contributed by atoms with E-state index in [-0.39, 0.29) is 11.3 Å². The van der Waals surface area contributed by atoms with E-state index in [1.165, 1.54) is 25.5 Å². The molecule has 0 radical (unpaired) electrons. The van der Waals surface area contributed by atoms with Gasteiger partial charge in [0.25, 0.3) is 0 Å². The Morgan fingerprint density at radius 2 is 1.83 bits per heavy atom. The van der Waals surface area contributed by atoms with Crippen molar-refractivity contribution >= 4 is 9.84 Å². The molecule has 0 spiro atoms. The third-order valence-corrected chi connectivity index (χ3v) is 5.25. The van der Waals surface area contributed by atoms with E-state index in [2.05, 4.69) is 18.7 Å². The van der Waals surface area contributed by atoms with Crippen LogP contribution in [0.25, 0.3) is 0 Å². The van der Waals surface area contributed by atoms with Crippen LogP contribution in [-0.2, 0) is 9.84 Å². The molecule has 0 aromatic heterocycles. The fourth-order valence-corrected chi connectivity index (χ4v) is 3.36. The van der Waals surface area contributed by atoms with Gasteiger partial charge < -0.3 is 5.11 Å². The van der Waals surface area contributed by atoms with Gasteiger partial charge >= 0.3 is 0 Å². The molecule has 1 N–H and O–H groups in total. The smallest absolute Gasteiger partial charge is 0.147 e. The van der Waals surface area contributed by atoms with Gasteiger partial charge in [-0.05, 0) is 45.7 Å². The van der Waals surface area contributed by atoms with Crippen LogP contribution in [0.15, 0.2) is 0 Å². The molecule has 1 fully saturated rings. The van der Waals surface area contributed by atoms with Crippen molar-refractivity contribution in [2.75, 3.05) is 25.1 Å². The number of hydrogen-bond acceptors (Lipinski definition) is 4. The van der Waals surface area contributed by atoms with Crippen LogP contribution in [0.4, 0.5) is 0 Å². The van der Waals surface area contributed by atoms with Gasteiger partial charge in [0.05, 0.1) is 11.9 Å². The molecule has 0 saturated carbocycles. The summed E-state index contributed by atoms with van der Waals surface area (Å²) in [5.41, 5.74) is -0.287. The standard InChI is InChI=1S/C13H27NO3S/c1-4-13(2,14-9-6-5-7-10-14)12(15)8-11-18(3,16)17/h12,15H,4-11H2,1-3H3. The zero-order chi connectivity index (χ0) is 13.8. The fourth-order valence-electron chi connectivity index (χ4n) is 2.71. The van der Waals surface area contributed by atoms with Crippen molar-refractivity contribution in [3.8, 4) is 0 Å². The number of aliphatic hydroxyl groups excluding tert-OH is 1. The zero-order valence-corrected chi connectivity index (χ0v) is 12.7. The predicted octanol–water partition coefficient (Wildman–Crippen LogP) is 1.44. The van der Waals surface area contributed by atoms with Crippen molar-refractivity contribution in [1.82, 2.24) is 4.90 Å². The van der Waals surface area contributed by atoms with Crippen molar-refractivity contribution in [1.29, 1.82) is 0 Å². The van der Waals surface area contributed by atoms with Gasteiger partial charge in [0, 0.05) is 11.8 Å². The minimum Gasteiger partial charge on any atom is -0.391 e. The van der Waals surface area contributed by atoms with Crippen LogP contribution in [-0.4, -0.2) is 55.2 Å². The summed E-state index contributed by atoms with van der Waals surface area (Å²) in [5, 5.41) is 10.4. The minimum absolute atomic E-state index is 0.0671. The second kappa shape index (κ2) is 6.35. The monoisotopic (exact) mass is 277 g/mol. The summed E-state index contributed by atoms with van der Waals surface area (Å²) in [6, 6.07) is 0. The normalized spacial score (nSPS) is 23.6. The number of sulfone groups is 1. The molecular formula is C13H27NO3S. The molecule has 0 bridgehead atoms. The van der Waals surface area contributed by atoms with Gasteiger partial charge in [-0.3, -0.25) is 4.90 Å². The van der Waals surface area contributed by atoms with Crippen LogP contribution < -0.4 is 0 Å². The predicted molar refractivity (Wildman–Crippen MR) is 74.5 cm³/mol. The Morgan fingerprint density at radius 3 is 2.28 bits per heavy atom. The van der Waals surface area contributed by atoms with Crippen molar-refractivity contribution in [3.05, 3.63) is 0 Å². The molecule has 108 valence electrons. The van der Waals surface area contributed by atoms with Crippen LogP contribution in [0, 0.1) is 0 Å². The lowest BCUT2D eigenvalue weighted by Gasteiger charge is -2.46. The summed E-state index contributed by atoms with van der Waals surface area (Å²) in [6.07, 6.45) is 5.44. The maximum absolute atomic E-state index is 11.2. The fraction of sp³-hybridized carbons (Fsp3) is 1.00. The summed E-state index contributed by atoms with van der Waals surface area (Å²) >= 11 is 0. The molecule has 4 nitrogen and oxygen atoms in total. The maximum atomic E-state index is 11.2. The number of piperidine rings is 1. The van der Waals surface area contributed by atoms with E-state index in [9.17, 15) is 13.5 Å². The van der Waals surface area contributed by atoms with Crippen LogP contribution in [0.3, 0.4) is 0 Å². The highest BCUT2D eigenvalue weighted by molar-refractivity contribution is 7.90. The maximum Gasteiger partial charge on any atom is 0.147 e. The Balaban J connectivity index is 2.66. The topological polar surface area (TPSA) is 57.6 Å². The molecule has 0 aliphatic carbocycles. The van der Waals surface area contributed by atoms with Crippen LogP contribution in [0.1, 0.15) is 46.0 Å². The molecule has 1 saturated heterocycles. The molecule has 1 aliphatic heterocycles. The highest BCUT2D eigenvalue weighted by Crippen LogP contribution is 2.29. The third-order valence-electron chi connectivity index (χ3n) is 4.27. The van der Waals surface area contributed by atoms with E-state index in [0.29, 0.717) is 6.42 Å². The summed E-state index contributed by atoms with van der Waals surface area (Å²) in [4.78, 5) is 2.34. The number of aliphatic hydroxyl groups is 1. The molecule has 2 atom stereocenters. The number of likely N-dealkylation sites (tertiary alicyclic amines) is 1. The van der Waals surface area contributed by atoms with Crippen molar-refractivity contribution < 1.29 is 13.5 Å². The van der Waals surface area contributed by atoms with E-state index in [0.717, 1.165) is 19.5 Å². The number of hydrogen-bond donors (Lipinski definition) is 1. The van der Waals surface area contributed by atoms with E-state index >= 15 is 0 Å². The van der Waals surface area contributed by atoms with E-state index in [4.69, 9.17) is 0 Å². The van der Waals surface area contributed by atoms with Gasteiger partial charge in [0.15, 0.2) is 0 Å². The molecular weight excluding hydrogens is 250 g/mol. The molecule has 0 aromatic rings. The van der Waals surface area contributed by atoms with Crippen molar-refractivity contribution in [2.24, 2.45) is 0 Å². The van der Waals surface area contributed by atoms with Crippen molar-refractivity contribution in [3.63, 3.8) is 0 Å². The highest BCUT2D eigenvalue weighted by atomic mass is 32.2. The first-order valence-electron chi connectivity index (χ1n) is 6.90. The Bertz CT molecular complexity index is 349. The van der Waals surface area contributed by atoms with Gasteiger partial charge in [-0.2, -0.15) is 0 Å². The summed E-state index contributed by atoms with van der Waals surface area (Å²) in [5.74, 6) is 0.0671. The minimum atomic E-state index is -3.00. The SMILES string of the molecule is CCC(C)(C(O)CCS(C)(=O)=O)N1CCCCC1. The van der Waals surface area contributed by atoms with Gasteiger partial charge in [0.2, 0.25) is 0 Å². The Kier molecular flexibility index (Phi) is 5.62. The number of rotatable bonds is 6. The lowest BCUT2D eigenvalue weighted by molar-refractivity contribution is -0.0343. The molecule has 1 aliphatic rings. The molecule has 5 heteroatoms. The largest absolute Gasteiger partial charge is 0.391 e. The average Bonchev–Trinajstić information content (AvgIpc) is 2.35.